The molecule has 0 radical (unpaired) electrons. The highest BCUT2D eigenvalue weighted by Gasteiger charge is 2.22. The van der Waals surface area contributed by atoms with E-state index in [1.807, 2.05) is 6.92 Å². The molecule has 0 bridgehead atoms. The van der Waals surface area contributed by atoms with Crippen LogP contribution in [0.1, 0.15) is 13.3 Å². The van der Waals surface area contributed by atoms with Crippen molar-refractivity contribution in [1.29, 1.82) is 0 Å². The number of rotatable bonds is 3. The number of hydrogen-bond donors (Lipinski definition) is 0. The minimum absolute atomic E-state index is 0.0511. The van der Waals surface area contributed by atoms with Gasteiger partial charge in [-0.2, -0.15) is 0 Å². The Hall–Kier alpha value is -1.05. The topological polar surface area (TPSA) is 38.8 Å². The Morgan fingerprint density at radius 2 is 2.47 bits per heavy atom. The van der Waals surface area contributed by atoms with E-state index < -0.39 is 0 Å². The minimum Gasteiger partial charge on any atom is -0.469 e. The SMILES string of the molecule is CC#CCN1CCO[C@@H](CC(=O)OC)C1. The van der Waals surface area contributed by atoms with Crippen molar-refractivity contribution in [3.63, 3.8) is 0 Å². The molecule has 1 aliphatic heterocycles. The van der Waals surface area contributed by atoms with Gasteiger partial charge in [0.15, 0.2) is 0 Å². The van der Waals surface area contributed by atoms with E-state index >= 15 is 0 Å². The summed E-state index contributed by atoms with van der Waals surface area (Å²) in [7, 11) is 1.39. The first-order valence-corrected chi connectivity index (χ1v) is 5.06. The molecule has 0 amide bonds. The van der Waals surface area contributed by atoms with Crippen LogP contribution in [0.2, 0.25) is 0 Å². The van der Waals surface area contributed by atoms with Crippen LogP contribution < -0.4 is 0 Å². The summed E-state index contributed by atoms with van der Waals surface area (Å²) < 4.78 is 10.1. The lowest BCUT2D eigenvalue weighted by Crippen LogP contribution is -2.43. The summed E-state index contributed by atoms with van der Waals surface area (Å²) >= 11 is 0. The summed E-state index contributed by atoms with van der Waals surface area (Å²) in [6.45, 7) is 4.87. The highest BCUT2D eigenvalue weighted by Crippen LogP contribution is 2.08. The van der Waals surface area contributed by atoms with E-state index in [0.29, 0.717) is 13.0 Å². The van der Waals surface area contributed by atoms with E-state index in [1.165, 1.54) is 7.11 Å². The van der Waals surface area contributed by atoms with Gasteiger partial charge in [-0.1, -0.05) is 5.92 Å². The van der Waals surface area contributed by atoms with Crippen molar-refractivity contribution in [2.75, 3.05) is 33.4 Å². The Morgan fingerprint density at radius 3 is 3.13 bits per heavy atom. The largest absolute Gasteiger partial charge is 0.469 e. The number of morpholine rings is 1. The molecule has 1 heterocycles. The summed E-state index contributed by atoms with van der Waals surface area (Å²) in [5, 5.41) is 0. The fraction of sp³-hybridized carbons (Fsp3) is 0.727. The maximum atomic E-state index is 11.1. The number of methoxy groups -OCH3 is 1. The summed E-state index contributed by atoms with van der Waals surface area (Å²) in [5.41, 5.74) is 0. The van der Waals surface area contributed by atoms with Crippen LogP contribution in [0, 0.1) is 11.8 Å². The van der Waals surface area contributed by atoms with Gasteiger partial charge in [0.1, 0.15) is 0 Å². The molecule has 1 fully saturated rings. The second kappa shape index (κ2) is 6.44. The number of carbonyl (C=O) groups is 1. The number of esters is 1. The third kappa shape index (κ3) is 4.32. The first-order valence-electron chi connectivity index (χ1n) is 5.06. The lowest BCUT2D eigenvalue weighted by molar-refractivity contribution is -0.145. The smallest absolute Gasteiger partial charge is 0.308 e. The zero-order valence-corrected chi connectivity index (χ0v) is 9.28. The predicted molar refractivity (Wildman–Crippen MR) is 56.3 cm³/mol. The van der Waals surface area contributed by atoms with E-state index in [9.17, 15) is 4.79 Å². The molecule has 0 aromatic carbocycles. The maximum Gasteiger partial charge on any atom is 0.308 e. The molecule has 84 valence electrons. The standard InChI is InChI=1S/C11H17NO3/c1-3-4-5-12-6-7-15-10(9-12)8-11(13)14-2/h10H,5-9H2,1-2H3/t10-/m0/s1. The van der Waals surface area contributed by atoms with Crippen molar-refractivity contribution >= 4 is 5.97 Å². The van der Waals surface area contributed by atoms with Crippen LogP contribution in [0.25, 0.3) is 0 Å². The van der Waals surface area contributed by atoms with Gasteiger partial charge in [0, 0.05) is 13.1 Å². The number of nitrogens with zero attached hydrogens (tertiary/aromatic N) is 1. The van der Waals surface area contributed by atoms with Crippen LogP contribution in [-0.2, 0) is 14.3 Å². The van der Waals surface area contributed by atoms with E-state index in [2.05, 4.69) is 21.5 Å². The van der Waals surface area contributed by atoms with Gasteiger partial charge >= 0.3 is 5.97 Å². The number of hydrogen-bond acceptors (Lipinski definition) is 4. The minimum atomic E-state index is -0.219. The molecule has 0 aliphatic carbocycles. The highest BCUT2D eigenvalue weighted by molar-refractivity contribution is 5.69. The van der Waals surface area contributed by atoms with Gasteiger partial charge in [-0.25, -0.2) is 0 Å². The van der Waals surface area contributed by atoms with Crippen LogP contribution in [0.4, 0.5) is 0 Å². The van der Waals surface area contributed by atoms with Crippen LogP contribution >= 0.6 is 0 Å². The molecule has 1 saturated heterocycles. The fourth-order valence-corrected chi connectivity index (χ4v) is 1.51. The Kier molecular flexibility index (Phi) is 5.16. The predicted octanol–water partition coefficient (Wildman–Crippen LogP) is 0.274. The van der Waals surface area contributed by atoms with Crippen molar-refractivity contribution in [3.05, 3.63) is 0 Å². The van der Waals surface area contributed by atoms with Crippen molar-refractivity contribution in [1.82, 2.24) is 4.90 Å². The van der Waals surface area contributed by atoms with E-state index in [4.69, 9.17) is 4.74 Å². The second-order valence-corrected chi connectivity index (χ2v) is 3.43. The molecule has 1 atom stereocenters. The molecule has 0 aromatic heterocycles. The molecule has 1 aliphatic rings. The lowest BCUT2D eigenvalue weighted by atomic mass is 10.2. The van der Waals surface area contributed by atoms with E-state index in [0.717, 1.165) is 19.6 Å². The number of carbonyl (C=O) groups excluding carboxylic acids is 1. The summed E-state index contributed by atoms with van der Waals surface area (Å²) in [6.07, 6.45) is 0.275. The van der Waals surface area contributed by atoms with Gasteiger partial charge in [-0.05, 0) is 6.92 Å². The van der Waals surface area contributed by atoms with Crippen LogP contribution in [0.15, 0.2) is 0 Å². The van der Waals surface area contributed by atoms with Crippen molar-refractivity contribution < 1.29 is 14.3 Å². The molecule has 0 unspecified atom stereocenters. The Bertz CT molecular complexity index is 267. The van der Waals surface area contributed by atoms with Gasteiger partial charge in [-0.15, -0.1) is 5.92 Å². The fourth-order valence-electron chi connectivity index (χ4n) is 1.51. The van der Waals surface area contributed by atoms with Gasteiger partial charge < -0.3 is 9.47 Å². The average Bonchev–Trinajstić information content (AvgIpc) is 2.26. The Morgan fingerprint density at radius 1 is 1.67 bits per heavy atom. The third-order valence-corrected chi connectivity index (χ3v) is 2.32. The lowest BCUT2D eigenvalue weighted by Gasteiger charge is -2.30. The van der Waals surface area contributed by atoms with Crippen molar-refractivity contribution in [3.8, 4) is 11.8 Å². The van der Waals surface area contributed by atoms with Crippen LogP contribution in [-0.4, -0.2) is 50.3 Å². The average molecular weight is 211 g/mol. The first kappa shape index (κ1) is 12.0. The quantitative estimate of drug-likeness (QED) is 0.496. The van der Waals surface area contributed by atoms with Crippen LogP contribution in [0.3, 0.4) is 0 Å². The van der Waals surface area contributed by atoms with Gasteiger partial charge in [0.2, 0.25) is 0 Å². The summed E-state index contributed by atoms with van der Waals surface area (Å²) in [4.78, 5) is 13.2. The summed E-state index contributed by atoms with van der Waals surface area (Å²) in [6, 6.07) is 0. The first-order chi connectivity index (χ1) is 7.26. The molecule has 0 N–H and O–H groups in total. The molecule has 15 heavy (non-hydrogen) atoms. The zero-order chi connectivity index (χ0) is 11.1. The summed E-state index contributed by atoms with van der Waals surface area (Å²) in [5.74, 6) is 5.65. The third-order valence-electron chi connectivity index (χ3n) is 2.32. The normalized spacial score (nSPS) is 21.6. The van der Waals surface area contributed by atoms with Crippen LogP contribution in [0.5, 0.6) is 0 Å². The zero-order valence-electron chi connectivity index (χ0n) is 9.28. The molecule has 1 rings (SSSR count). The molecule has 0 aromatic rings. The number of ether oxygens (including phenoxy) is 2. The molecule has 0 spiro atoms. The molecule has 0 saturated carbocycles. The van der Waals surface area contributed by atoms with Crippen molar-refractivity contribution in [2.24, 2.45) is 0 Å². The molecular weight excluding hydrogens is 194 g/mol. The molecular formula is C11H17NO3. The molecule has 4 heteroatoms. The maximum absolute atomic E-state index is 11.1. The van der Waals surface area contributed by atoms with E-state index in [1.54, 1.807) is 0 Å². The van der Waals surface area contributed by atoms with E-state index in [-0.39, 0.29) is 12.1 Å². The van der Waals surface area contributed by atoms with Gasteiger partial charge in [0.25, 0.3) is 0 Å². The highest BCUT2D eigenvalue weighted by atomic mass is 16.5. The monoisotopic (exact) mass is 211 g/mol. The Balaban J connectivity index is 2.33. The Labute approximate surface area is 90.5 Å². The van der Waals surface area contributed by atoms with Gasteiger partial charge in [0.05, 0.1) is 32.8 Å². The molecule has 4 nitrogen and oxygen atoms in total. The van der Waals surface area contributed by atoms with Crippen molar-refractivity contribution in [2.45, 2.75) is 19.4 Å². The van der Waals surface area contributed by atoms with Gasteiger partial charge in [-0.3, -0.25) is 9.69 Å². The second-order valence-electron chi connectivity index (χ2n) is 3.43.